The summed E-state index contributed by atoms with van der Waals surface area (Å²) in [6.07, 6.45) is 1.88. The molecule has 2 rings (SSSR count). The Morgan fingerprint density at radius 1 is 1.44 bits per heavy atom. The van der Waals surface area contributed by atoms with Gasteiger partial charge in [0.25, 0.3) is 0 Å². The first kappa shape index (κ1) is 13.0. The van der Waals surface area contributed by atoms with Crippen LogP contribution in [-0.4, -0.2) is 14.3 Å². The maximum atomic E-state index is 11.6. The fourth-order valence-electron chi connectivity index (χ4n) is 1.72. The maximum Gasteiger partial charge on any atom is 0.238 e. The van der Waals surface area contributed by atoms with E-state index in [1.807, 2.05) is 6.92 Å². The van der Waals surface area contributed by atoms with Crippen LogP contribution in [0.1, 0.15) is 31.4 Å². The van der Waals surface area contributed by atoms with Crippen LogP contribution in [0.4, 0.5) is 0 Å². The van der Waals surface area contributed by atoms with E-state index in [0.29, 0.717) is 0 Å². The van der Waals surface area contributed by atoms with Crippen LogP contribution >= 0.6 is 0 Å². The number of primary sulfonamides is 1. The van der Waals surface area contributed by atoms with Gasteiger partial charge >= 0.3 is 0 Å². The number of carbonyl (C=O) groups excluding carboxylic acids is 1. The van der Waals surface area contributed by atoms with Crippen LogP contribution in [-0.2, 0) is 14.8 Å². The Morgan fingerprint density at radius 3 is 2.67 bits per heavy atom. The van der Waals surface area contributed by atoms with Gasteiger partial charge in [0.2, 0.25) is 15.9 Å². The van der Waals surface area contributed by atoms with E-state index in [9.17, 15) is 13.2 Å². The van der Waals surface area contributed by atoms with Gasteiger partial charge in [-0.1, -0.05) is 12.1 Å². The molecule has 0 spiro atoms. The minimum atomic E-state index is -3.70. The quantitative estimate of drug-likeness (QED) is 0.851. The molecule has 0 aromatic heterocycles. The third-order valence-corrected chi connectivity index (χ3v) is 3.90. The molecule has 6 heteroatoms. The van der Waals surface area contributed by atoms with Gasteiger partial charge < -0.3 is 5.32 Å². The van der Waals surface area contributed by atoms with Gasteiger partial charge in [-0.15, -0.1) is 0 Å². The second-order valence-corrected chi connectivity index (χ2v) is 6.18. The molecule has 1 atom stereocenters. The third-order valence-electron chi connectivity index (χ3n) is 2.99. The van der Waals surface area contributed by atoms with Crippen molar-refractivity contribution in [3.63, 3.8) is 0 Å². The molecule has 0 aliphatic heterocycles. The molecule has 1 aromatic carbocycles. The molecule has 18 heavy (non-hydrogen) atoms. The lowest BCUT2D eigenvalue weighted by molar-refractivity contribution is -0.122. The van der Waals surface area contributed by atoms with Crippen molar-refractivity contribution in [1.29, 1.82) is 0 Å². The number of benzene rings is 1. The van der Waals surface area contributed by atoms with Crippen LogP contribution < -0.4 is 10.5 Å². The number of nitrogens with one attached hydrogen (secondary N) is 1. The molecule has 98 valence electrons. The highest BCUT2D eigenvalue weighted by Gasteiger charge is 2.30. The molecule has 1 amide bonds. The predicted octanol–water partition coefficient (Wildman–Crippen LogP) is 0.921. The van der Waals surface area contributed by atoms with Gasteiger partial charge in [0.15, 0.2) is 0 Å². The minimum absolute atomic E-state index is 0.0310. The zero-order valence-electron chi connectivity index (χ0n) is 10.1. The van der Waals surface area contributed by atoms with Crippen LogP contribution in [0.15, 0.2) is 29.2 Å². The van der Waals surface area contributed by atoms with E-state index in [0.717, 1.165) is 18.4 Å². The van der Waals surface area contributed by atoms with Crippen molar-refractivity contribution in [2.75, 3.05) is 0 Å². The molecule has 0 saturated heterocycles. The molecule has 0 radical (unpaired) electrons. The van der Waals surface area contributed by atoms with Crippen LogP contribution in [0.25, 0.3) is 0 Å². The third kappa shape index (κ3) is 3.08. The Bertz CT molecular complexity index is 564. The number of amides is 1. The summed E-state index contributed by atoms with van der Waals surface area (Å²) < 4.78 is 22.5. The Hall–Kier alpha value is -1.40. The lowest BCUT2D eigenvalue weighted by Crippen LogP contribution is -2.28. The molecule has 1 aromatic rings. The van der Waals surface area contributed by atoms with Crippen LogP contribution in [0.3, 0.4) is 0 Å². The molecule has 5 nitrogen and oxygen atoms in total. The van der Waals surface area contributed by atoms with Crippen molar-refractivity contribution < 1.29 is 13.2 Å². The zero-order chi connectivity index (χ0) is 13.3. The fourth-order valence-corrected chi connectivity index (χ4v) is 2.29. The standard InChI is InChI=1S/C12H16N2O3S/c1-8(14-12(15)9-5-6-9)10-3-2-4-11(7-10)18(13,16)17/h2-4,7-9H,5-6H2,1H3,(H,14,15)(H2,13,16,17). The molecule has 3 N–H and O–H groups in total. The van der Waals surface area contributed by atoms with E-state index < -0.39 is 10.0 Å². The van der Waals surface area contributed by atoms with E-state index in [1.165, 1.54) is 12.1 Å². The molecule has 1 saturated carbocycles. The number of sulfonamides is 1. The molecular weight excluding hydrogens is 252 g/mol. The van der Waals surface area contributed by atoms with Crippen molar-refractivity contribution in [2.24, 2.45) is 11.1 Å². The monoisotopic (exact) mass is 268 g/mol. The van der Waals surface area contributed by atoms with Gasteiger partial charge in [-0.3, -0.25) is 4.79 Å². The van der Waals surface area contributed by atoms with Gasteiger partial charge in [0.1, 0.15) is 0 Å². The zero-order valence-corrected chi connectivity index (χ0v) is 10.9. The maximum absolute atomic E-state index is 11.6. The Labute approximate surface area is 106 Å². The smallest absolute Gasteiger partial charge is 0.238 e. The fraction of sp³-hybridized carbons (Fsp3) is 0.417. The summed E-state index contributed by atoms with van der Waals surface area (Å²) in [7, 11) is -3.70. The number of nitrogens with two attached hydrogens (primary N) is 1. The van der Waals surface area contributed by atoms with Gasteiger partial charge in [-0.05, 0) is 37.5 Å². The van der Waals surface area contributed by atoms with E-state index in [1.54, 1.807) is 12.1 Å². The summed E-state index contributed by atoms with van der Waals surface area (Å²) in [5.41, 5.74) is 0.732. The van der Waals surface area contributed by atoms with E-state index >= 15 is 0 Å². The summed E-state index contributed by atoms with van der Waals surface area (Å²) in [5, 5.41) is 7.93. The highest BCUT2D eigenvalue weighted by Crippen LogP contribution is 2.29. The largest absolute Gasteiger partial charge is 0.349 e. The number of hydrogen-bond acceptors (Lipinski definition) is 3. The lowest BCUT2D eigenvalue weighted by Gasteiger charge is -2.14. The number of hydrogen-bond donors (Lipinski definition) is 2. The van der Waals surface area contributed by atoms with E-state index in [4.69, 9.17) is 5.14 Å². The Morgan fingerprint density at radius 2 is 2.11 bits per heavy atom. The van der Waals surface area contributed by atoms with Crippen molar-refractivity contribution >= 4 is 15.9 Å². The van der Waals surface area contributed by atoms with Gasteiger partial charge in [0, 0.05) is 5.92 Å². The average Bonchev–Trinajstić information content (AvgIpc) is 3.11. The summed E-state index contributed by atoms with van der Waals surface area (Å²) >= 11 is 0. The molecule has 0 bridgehead atoms. The normalized spacial score (nSPS) is 17.2. The van der Waals surface area contributed by atoms with Crippen molar-refractivity contribution in [3.8, 4) is 0 Å². The SMILES string of the molecule is CC(NC(=O)C1CC1)c1cccc(S(N)(=O)=O)c1. The summed E-state index contributed by atoms with van der Waals surface area (Å²) in [4.78, 5) is 11.7. The molecular formula is C12H16N2O3S. The van der Waals surface area contributed by atoms with Crippen molar-refractivity contribution in [3.05, 3.63) is 29.8 Å². The van der Waals surface area contributed by atoms with Gasteiger partial charge in [-0.2, -0.15) is 0 Å². The number of rotatable bonds is 4. The average molecular weight is 268 g/mol. The van der Waals surface area contributed by atoms with Gasteiger partial charge in [0.05, 0.1) is 10.9 Å². The first-order valence-electron chi connectivity index (χ1n) is 5.81. The Balaban J connectivity index is 2.14. The van der Waals surface area contributed by atoms with Crippen LogP contribution in [0.2, 0.25) is 0 Å². The summed E-state index contributed by atoms with van der Waals surface area (Å²) in [6.45, 7) is 1.82. The van der Waals surface area contributed by atoms with Gasteiger partial charge in [-0.25, -0.2) is 13.6 Å². The first-order valence-corrected chi connectivity index (χ1v) is 7.35. The minimum Gasteiger partial charge on any atom is -0.349 e. The van der Waals surface area contributed by atoms with Crippen LogP contribution in [0.5, 0.6) is 0 Å². The summed E-state index contributed by atoms with van der Waals surface area (Å²) in [5.74, 6) is 0.164. The van der Waals surface area contributed by atoms with Crippen molar-refractivity contribution in [2.45, 2.75) is 30.7 Å². The second kappa shape index (κ2) is 4.70. The highest BCUT2D eigenvalue weighted by molar-refractivity contribution is 7.89. The van der Waals surface area contributed by atoms with Crippen molar-refractivity contribution in [1.82, 2.24) is 5.32 Å². The molecule has 0 heterocycles. The molecule has 1 fully saturated rings. The molecule has 1 aliphatic carbocycles. The van der Waals surface area contributed by atoms with E-state index in [-0.39, 0.29) is 22.8 Å². The number of carbonyl (C=O) groups is 1. The molecule has 1 unspecified atom stereocenters. The topological polar surface area (TPSA) is 89.3 Å². The second-order valence-electron chi connectivity index (χ2n) is 4.62. The summed E-state index contributed by atoms with van der Waals surface area (Å²) in [6, 6.07) is 6.10. The van der Waals surface area contributed by atoms with E-state index in [2.05, 4.69) is 5.32 Å². The van der Waals surface area contributed by atoms with Crippen LogP contribution in [0, 0.1) is 5.92 Å². The Kier molecular flexibility index (Phi) is 3.41. The predicted molar refractivity (Wildman–Crippen MR) is 67.1 cm³/mol. The lowest BCUT2D eigenvalue weighted by atomic mass is 10.1. The highest BCUT2D eigenvalue weighted by atomic mass is 32.2. The first-order chi connectivity index (χ1) is 8.38. The molecule has 1 aliphatic rings.